The Kier molecular flexibility index (Phi) is 3.76. The van der Waals surface area contributed by atoms with E-state index in [2.05, 4.69) is 10.1 Å². The molecule has 0 bridgehead atoms. The van der Waals surface area contributed by atoms with Gasteiger partial charge in [0, 0.05) is 12.7 Å². The summed E-state index contributed by atoms with van der Waals surface area (Å²) in [4.78, 5) is 4.13. The first-order chi connectivity index (χ1) is 8.24. The Morgan fingerprint density at radius 3 is 2.94 bits per heavy atom. The average molecular weight is 252 g/mol. The SMILES string of the molecule is CCCn1ncc(Cl)c1C(O)c1ccccn1. The quantitative estimate of drug-likeness (QED) is 0.908. The first-order valence-corrected chi connectivity index (χ1v) is 5.92. The minimum atomic E-state index is -0.835. The van der Waals surface area contributed by atoms with Gasteiger partial charge >= 0.3 is 0 Å². The van der Waals surface area contributed by atoms with Crippen molar-refractivity contribution in [3.63, 3.8) is 0 Å². The molecule has 0 fully saturated rings. The molecule has 0 aliphatic rings. The van der Waals surface area contributed by atoms with E-state index in [-0.39, 0.29) is 0 Å². The van der Waals surface area contributed by atoms with Crippen LogP contribution in [0.25, 0.3) is 0 Å². The highest BCUT2D eigenvalue weighted by atomic mass is 35.5. The first kappa shape index (κ1) is 12.1. The molecule has 1 N–H and O–H groups in total. The van der Waals surface area contributed by atoms with E-state index in [0.717, 1.165) is 13.0 Å². The highest BCUT2D eigenvalue weighted by Crippen LogP contribution is 2.27. The summed E-state index contributed by atoms with van der Waals surface area (Å²) in [6.45, 7) is 2.78. The molecule has 0 saturated carbocycles. The van der Waals surface area contributed by atoms with Crippen molar-refractivity contribution >= 4 is 11.6 Å². The lowest BCUT2D eigenvalue weighted by Gasteiger charge is -2.13. The van der Waals surface area contributed by atoms with Crippen LogP contribution in [0.3, 0.4) is 0 Å². The summed E-state index contributed by atoms with van der Waals surface area (Å²) in [5.74, 6) is 0. The van der Waals surface area contributed by atoms with E-state index in [1.165, 1.54) is 0 Å². The van der Waals surface area contributed by atoms with Gasteiger partial charge in [-0.3, -0.25) is 9.67 Å². The van der Waals surface area contributed by atoms with Gasteiger partial charge in [0.05, 0.1) is 22.6 Å². The van der Waals surface area contributed by atoms with Crippen molar-refractivity contribution in [2.75, 3.05) is 0 Å². The highest BCUT2D eigenvalue weighted by molar-refractivity contribution is 6.31. The zero-order valence-electron chi connectivity index (χ0n) is 9.55. The van der Waals surface area contributed by atoms with Gasteiger partial charge in [0.25, 0.3) is 0 Å². The topological polar surface area (TPSA) is 50.9 Å². The molecule has 90 valence electrons. The maximum Gasteiger partial charge on any atom is 0.139 e. The van der Waals surface area contributed by atoms with Gasteiger partial charge < -0.3 is 5.11 Å². The summed E-state index contributed by atoms with van der Waals surface area (Å²) >= 11 is 6.05. The molecule has 2 rings (SSSR count). The lowest BCUT2D eigenvalue weighted by molar-refractivity contribution is 0.202. The summed E-state index contributed by atoms with van der Waals surface area (Å²) in [6.07, 6.45) is 3.30. The second-order valence-corrected chi connectivity index (χ2v) is 4.17. The van der Waals surface area contributed by atoms with Gasteiger partial charge in [-0.2, -0.15) is 5.10 Å². The molecule has 0 aromatic carbocycles. The van der Waals surface area contributed by atoms with Gasteiger partial charge in [-0.15, -0.1) is 0 Å². The maximum atomic E-state index is 10.3. The van der Waals surface area contributed by atoms with Crippen LogP contribution in [-0.2, 0) is 6.54 Å². The molecule has 0 saturated heterocycles. The minimum Gasteiger partial charge on any atom is -0.380 e. The summed E-state index contributed by atoms with van der Waals surface area (Å²) in [5.41, 5.74) is 1.18. The van der Waals surface area contributed by atoms with Gasteiger partial charge in [-0.1, -0.05) is 24.6 Å². The van der Waals surface area contributed by atoms with Crippen LogP contribution >= 0.6 is 11.6 Å². The molecule has 17 heavy (non-hydrogen) atoms. The molecule has 0 aliphatic carbocycles. The van der Waals surface area contributed by atoms with E-state index < -0.39 is 6.10 Å². The van der Waals surface area contributed by atoms with Gasteiger partial charge in [0.1, 0.15) is 6.10 Å². The van der Waals surface area contributed by atoms with Gasteiger partial charge in [-0.25, -0.2) is 0 Å². The second kappa shape index (κ2) is 5.29. The lowest BCUT2D eigenvalue weighted by atomic mass is 10.1. The Morgan fingerprint density at radius 2 is 2.29 bits per heavy atom. The van der Waals surface area contributed by atoms with Crippen molar-refractivity contribution in [3.8, 4) is 0 Å². The molecule has 0 aliphatic heterocycles. The van der Waals surface area contributed by atoms with Gasteiger partial charge in [0.2, 0.25) is 0 Å². The zero-order valence-corrected chi connectivity index (χ0v) is 10.3. The number of hydrogen-bond donors (Lipinski definition) is 1. The molecule has 0 radical (unpaired) electrons. The molecule has 2 heterocycles. The summed E-state index contributed by atoms with van der Waals surface area (Å²) in [6, 6.07) is 5.41. The van der Waals surface area contributed by atoms with Gasteiger partial charge in [0.15, 0.2) is 0 Å². The van der Waals surface area contributed by atoms with Crippen LogP contribution < -0.4 is 0 Å². The average Bonchev–Trinajstić information content (AvgIpc) is 2.71. The third-order valence-corrected chi connectivity index (χ3v) is 2.79. The lowest BCUT2D eigenvalue weighted by Crippen LogP contribution is -2.11. The summed E-state index contributed by atoms with van der Waals surface area (Å²) < 4.78 is 1.72. The third kappa shape index (κ3) is 2.48. The fourth-order valence-electron chi connectivity index (χ4n) is 1.71. The Labute approximate surface area is 105 Å². The fraction of sp³-hybridized carbons (Fsp3) is 0.333. The number of rotatable bonds is 4. The van der Waals surface area contributed by atoms with Crippen molar-refractivity contribution in [2.24, 2.45) is 0 Å². The Bertz CT molecular complexity index is 484. The number of aliphatic hydroxyl groups excluding tert-OH is 1. The van der Waals surface area contributed by atoms with E-state index in [1.54, 1.807) is 29.2 Å². The van der Waals surface area contributed by atoms with Crippen LogP contribution in [0, 0.1) is 0 Å². The molecule has 4 nitrogen and oxygen atoms in total. The van der Waals surface area contributed by atoms with E-state index in [4.69, 9.17) is 11.6 Å². The molecule has 0 spiro atoms. The summed E-state index contributed by atoms with van der Waals surface area (Å²) in [5, 5.41) is 14.9. The number of aryl methyl sites for hydroxylation is 1. The van der Waals surface area contributed by atoms with Crippen LogP contribution in [0.5, 0.6) is 0 Å². The van der Waals surface area contributed by atoms with Crippen LogP contribution in [0.4, 0.5) is 0 Å². The molecule has 1 atom stereocenters. The number of halogens is 1. The number of nitrogens with zero attached hydrogens (tertiary/aromatic N) is 3. The van der Waals surface area contributed by atoms with E-state index >= 15 is 0 Å². The normalized spacial score (nSPS) is 12.6. The first-order valence-electron chi connectivity index (χ1n) is 5.54. The fourth-order valence-corrected chi connectivity index (χ4v) is 1.96. The monoisotopic (exact) mass is 251 g/mol. The van der Waals surface area contributed by atoms with Crippen LogP contribution in [0.2, 0.25) is 5.02 Å². The van der Waals surface area contributed by atoms with E-state index in [1.807, 2.05) is 13.0 Å². The number of pyridine rings is 1. The smallest absolute Gasteiger partial charge is 0.139 e. The van der Waals surface area contributed by atoms with E-state index in [0.29, 0.717) is 16.4 Å². The van der Waals surface area contributed by atoms with Gasteiger partial charge in [-0.05, 0) is 18.6 Å². The Balaban J connectivity index is 2.36. The summed E-state index contributed by atoms with van der Waals surface area (Å²) in [7, 11) is 0. The van der Waals surface area contributed by atoms with Crippen molar-refractivity contribution in [1.82, 2.24) is 14.8 Å². The Hall–Kier alpha value is -1.39. The highest BCUT2D eigenvalue weighted by Gasteiger charge is 2.20. The second-order valence-electron chi connectivity index (χ2n) is 3.76. The molecule has 0 amide bonds. The number of aliphatic hydroxyl groups is 1. The largest absolute Gasteiger partial charge is 0.380 e. The maximum absolute atomic E-state index is 10.3. The molecular weight excluding hydrogens is 238 g/mol. The van der Waals surface area contributed by atoms with Crippen LogP contribution in [0.1, 0.15) is 30.8 Å². The molecule has 2 aromatic rings. The molecule has 2 aromatic heterocycles. The standard InChI is InChI=1S/C12H14ClN3O/c1-2-7-16-11(9(13)8-15-16)12(17)10-5-3-4-6-14-10/h3-6,8,12,17H,2,7H2,1H3. The van der Waals surface area contributed by atoms with Crippen LogP contribution in [0.15, 0.2) is 30.6 Å². The van der Waals surface area contributed by atoms with Crippen molar-refractivity contribution in [3.05, 3.63) is 47.0 Å². The molecule has 1 unspecified atom stereocenters. The molecular formula is C12H14ClN3O. The van der Waals surface area contributed by atoms with Crippen molar-refractivity contribution < 1.29 is 5.11 Å². The number of aromatic nitrogens is 3. The molecule has 5 heteroatoms. The van der Waals surface area contributed by atoms with Crippen molar-refractivity contribution in [2.45, 2.75) is 26.0 Å². The third-order valence-electron chi connectivity index (χ3n) is 2.50. The minimum absolute atomic E-state index is 0.469. The predicted molar refractivity (Wildman–Crippen MR) is 65.8 cm³/mol. The number of hydrogen-bond acceptors (Lipinski definition) is 3. The zero-order chi connectivity index (χ0) is 12.3. The predicted octanol–water partition coefficient (Wildman–Crippen LogP) is 2.42. The Morgan fingerprint density at radius 1 is 1.47 bits per heavy atom. The van der Waals surface area contributed by atoms with E-state index in [9.17, 15) is 5.11 Å². The van der Waals surface area contributed by atoms with Crippen LogP contribution in [-0.4, -0.2) is 19.9 Å². The van der Waals surface area contributed by atoms with Crippen molar-refractivity contribution in [1.29, 1.82) is 0 Å².